The fourth-order valence-electron chi connectivity index (χ4n) is 2.21. The second-order valence-electron chi connectivity index (χ2n) is 5.69. The average Bonchev–Trinajstić information content (AvgIpc) is 2.67. The maximum absolute atomic E-state index is 12.1. The molecule has 0 fully saturated rings. The zero-order chi connectivity index (χ0) is 19.8. The molecule has 2 aromatic rings. The molecule has 0 bridgehead atoms. The monoisotopic (exact) mass is 389 g/mol. The third-order valence-corrected chi connectivity index (χ3v) is 4.02. The Labute approximate surface area is 162 Å². The average molecular weight is 390 g/mol. The highest BCUT2D eigenvalue weighted by atomic mass is 35.5. The van der Waals surface area contributed by atoms with Gasteiger partial charge >= 0.3 is 0 Å². The highest BCUT2D eigenvalue weighted by Gasteiger charge is 2.15. The highest BCUT2D eigenvalue weighted by molar-refractivity contribution is 6.33. The number of ether oxygens (including phenoxy) is 1. The number of likely N-dealkylation sites (N-methyl/N-ethyl adjacent to an activating group) is 1. The molecule has 2 rings (SSSR count). The van der Waals surface area contributed by atoms with Crippen molar-refractivity contribution in [3.63, 3.8) is 0 Å². The first-order chi connectivity index (χ1) is 12.9. The van der Waals surface area contributed by atoms with Crippen molar-refractivity contribution in [2.75, 3.05) is 32.6 Å². The number of benzene rings is 2. The van der Waals surface area contributed by atoms with Crippen LogP contribution >= 0.6 is 11.6 Å². The Morgan fingerprint density at radius 3 is 2.56 bits per heavy atom. The van der Waals surface area contributed by atoms with Crippen LogP contribution in [0.1, 0.15) is 10.4 Å². The van der Waals surface area contributed by atoms with Gasteiger partial charge in [-0.25, -0.2) is 0 Å². The number of rotatable bonds is 7. The van der Waals surface area contributed by atoms with Gasteiger partial charge in [0.25, 0.3) is 5.91 Å². The van der Waals surface area contributed by atoms with Gasteiger partial charge in [0, 0.05) is 12.6 Å². The summed E-state index contributed by atoms with van der Waals surface area (Å²) in [7, 11) is 2.98. The molecular formula is C19H20ClN3O4. The van der Waals surface area contributed by atoms with E-state index in [1.807, 2.05) is 0 Å². The van der Waals surface area contributed by atoms with Crippen LogP contribution in [0.25, 0.3) is 0 Å². The first-order valence-electron chi connectivity index (χ1n) is 8.11. The lowest BCUT2D eigenvalue weighted by molar-refractivity contribution is -0.132. The molecule has 7 nitrogen and oxygen atoms in total. The van der Waals surface area contributed by atoms with Crippen LogP contribution in [0, 0.1) is 0 Å². The van der Waals surface area contributed by atoms with Crippen molar-refractivity contribution in [2.24, 2.45) is 0 Å². The van der Waals surface area contributed by atoms with E-state index in [1.165, 1.54) is 19.1 Å². The molecule has 0 saturated heterocycles. The van der Waals surface area contributed by atoms with Crippen LogP contribution in [0.15, 0.2) is 48.5 Å². The van der Waals surface area contributed by atoms with Crippen molar-refractivity contribution in [3.05, 3.63) is 59.1 Å². The summed E-state index contributed by atoms with van der Waals surface area (Å²) in [5.41, 5.74) is 0.845. The van der Waals surface area contributed by atoms with Gasteiger partial charge in [-0.05, 0) is 30.3 Å². The van der Waals surface area contributed by atoms with E-state index in [0.717, 1.165) is 0 Å². The van der Waals surface area contributed by atoms with Crippen molar-refractivity contribution >= 4 is 35.0 Å². The summed E-state index contributed by atoms with van der Waals surface area (Å²) < 4.78 is 5.06. The van der Waals surface area contributed by atoms with Crippen molar-refractivity contribution in [3.8, 4) is 5.75 Å². The second kappa shape index (κ2) is 9.59. The Bertz CT molecular complexity index is 841. The fraction of sp³-hybridized carbons (Fsp3) is 0.211. The SMILES string of the molecule is COc1cccc(C(=O)NCC(=O)N(C)CC(=O)Nc2ccccc2Cl)c1. The molecule has 0 spiro atoms. The van der Waals surface area contributed by atoms with Crippen molar-refractivity contribution in [2.45, 2.75) is 0 Å². The van der Waals surface area contributed by atoms with Gasteiger partial charge in [0.2, 0.25) is 11.8 Å². The number of carbonyl (C=O) groups is 3. The molecule has 0 atom stereocenters. The minimum atomic E-state index is -0.406. The minimum Gasteiger partial charge on any atom is -0.497 e. The van der Waals surface area contributed by atoms with Gasteiger partial charge in [-0.2, -0.15) is 0 Å². The van der Waals surface area contributed by atoms with Gasteiger partial charge < -0.3 is 20.3 Å². The van der Waals surface area contributed by atoms with Gasteiger partial charge in [-0.1, -0.05) is 29.8 Å². The molecule has 2 aromatic carbocycles. The minimum absolute atomic E-state index is 0.168. The Hall–Kier alpha value is -3.06. The van der Waals surface area contributed by atoms with E-state index in [0.29, 0.717) is 22.0 Å². The maximum atomic E-state index is 12.1. The molecule has 8 heteroatoms. The number of nitrogens with one attached hydrogen (secondary N) is 2. The van der Waals surface area contributed by atoms with Gasteiger partial charge in [0.15, 0.2) is 0 Å². The summed E-state index contributed by atoms with van der Waals surface area (Å²) in [5.74, 6) is -0.655. The number of hydrogen-bond acceptors (Lipinski definition) is 4. The topological polar surface area (TPSA) is 87.7 Å². The molecule has 0 aliphatic carbocycles. The number of hydrogen-bond donors (Lipinski definition) is 2. The van der Waals surface area contributed by atoms with Crippen molar-refractivity contribution < 1.29 is 19.1 Å². The van der Waals surface area contributed by atoms with Gasteiger partial charge in [-0.3, -0.25) is 14.4 Å². The van der Waals surface area contributed by atoms with E-state index in [4.69, 9.17) is 16.3 Å². The largest absolute Gasteiger partial charge is 0.497 e. The van der Waals surface area contributed by atoms with Crippen LogP contribution in [0.4, 0.5) is 5.69 Å². The molecule has 0 aromatic heterocycles. The van der Waals surface area contributed by atoms with E-state index in [-0.39, 0.29) is 13.1 Å². The zero-order valence-corrected chi connectivity index (χ0v) is 15.7. The lowest BCUT2D eigenvalue weighted by atomic mass is 10.2. The molecule has 0 heterocycles. The Morgan fingerprint density at radius 1 is 1.11 bits per heavy atom. The predicted molar refractivity (Wildman–Crippen MR) is 103 cm³/mol. The first-order valence-corrected chi connectivity index (χ1v) is 8.49. The van der Waals surface area contributed by atoms with Crippen LogP contribution in [-0.4, -0.2) is 49.9 Å². The molecule has 0 unspecified atom stereocenters. The highest BCUT2D eigenvalue weighted by Crippen LogP contribution is 2.20. The summed E-state index contributed by atoms with van der Waals surface area (Å²) in [6.45, 7) is -0.398. The smallest absolute Gasteiger partial charge is 0.251 e. The molecule has 0 aliphatic heterocycles. The summed E-state index contributed by atoms with van der Waals surface area (Å²) >= 11 is 5.98. The second-order valence-corrected chi connectivity index (χ2v) is 6.10. The molecule has 0 aliphatic rings. The predicted octanol–water partition coefficient (Wildman–Crippen LogP) is 2.18. The van der Waals surface area contributed by atoms with E-state index in [9.17, 15) is 14.4 Å². The maximum Gasteiger partial charge on any atom is 0.251 e. The van der Waals surface area contributed by atoms with Crippen LogP contribution in [0.2, 0.25) is 5.02 Å². The van der Waals surface area contributed by atoms with E-state index < -0.39 is 17.7 Å². The Kier molecular flexibility index (Phi) is 7.19. The lowest BCUT2D eigenvalue weighted by Gasteiger charge is -2.17. The van der Waals surface area contributed by atoms with E-state index in [2.05, 4.69) is 10.6 Å². The number of nitrogens with zero attached hydrogens (tertiary/aromatic N) is 1. The third-order valence-electron chi connectivity index (χ3n) is 3.69. The number of carbonyl (C=O) groups excluding carboxylic acids is 3. The number of amides is 3. The number of halogens is 1. The quantitative estimate of drug-likeness (QED) is 0.759. The third kappa shape index (κ3) is 6.00. The molecule has 27 heavy (non-hydrogen) atoms. The van der Waals surface area contributed by atoms with Crippen molar-refractivity contribution in [1.29, 1.82) is 0 Å². The lowest BCUT2D eigenvalue weighted by Crippen LogP contribution is -2.41. The number of para-hydroxylation sites is 1. The van der Waals surface area contributed by atoms with Gasteiger partial charge in [0.05, 0.1) is 30.9 Å². The molecule has 2 N–H and O–H groups in total. The van der Waals surface area contributed by atoms with Gasteiger partial charge in [0.1, 0.15) is 5.75 Å². The zero-order valence-electron chi connectivity index (χ0n) is 15.0. The van der Waals surface area contributed by atoms with Crippen LogP contribution in [0.3, 0.4) is 0 Å². The molecule has 0 radical (unpaired) electrons. The molecular weight excluding hydrogens is 370 g/mol. The first kappa shape index (κ1) is 20.3. The number of methoxy groups -OCH3 is 1. The standard InChI is InChI=1S/C19H20ClN3O4/c1-23(12-17(24)22-16-9-4-3-8-15(16)20)18(25)11-21-19(26)13-6-5-7-14(10-13)27-2/h3-10H,11-12H2,1-2H3,(H,21,26)(H,22,24). The number of anilines is 1. The Morgan fingerprint density at radius 2 is 1.85 bits per heavy atom. The summed E-state index contributed by atoms with van der Waals surface area (Å²) in [5, 5.41) is 5.57. The van der Waals surface area contributed by atoms with Crippen LogP contribution < -0.4 is 15.4 Å². The van der Waals surface area contributed by atoms with E-state index >= 15 is 0 Å². The van der Waals surface area contributed by atoms with Crippen LogP contribution in [0.5, 0.6) is 5.75 Å². The summed E-state index contributed by atoms with van der Waals surface area (Å²) in [4.78, 5) is 37.5. The summed E-state index contributed by atoms with van der Waals surface area (Å²) in [6, 6.07) is 13.4. The molecule has 142 valence electrons. The molecule has 0 saturated carbocycles. The fourth-order valence-corrected chi connectivity index (χ4v) is 2.40. The van der Waals surface area contributed by atoms with Crippen LogP contribution in [-0.2, 0) is 9.59 Å². The van der Waals surface area contributed by atoms with E-state index in [1.54, 1.807) is 48.5 Å². The normalized spacial score (nSPS) is 10.0. The summed E-state index contributed by atoms with van der Waals surface area (Å²) in [6.07, 6.45) is 0. The van der Waals surface area contributed by atoms with Gasteiger partial charge in [-0.15, -0.1) is 0 Å². The molecule has 3 amide bonds. The van der Waals surface area contributed by atoms with Crippen molar-refractivity contribution in [1.82, 2.24) is 10.2 Å². The Balaban J connectivity index is 1.83.